The molecule has 1 aromatic carbocycles. The first-order chi connectivity index (χ1) is 9.33. The second-order valence-electron chi connectivity index (χ2n) is 4.04. The van der Waals surface area contributed by atoms with Crippen LogP contribution < -0.4 is 0 Å². The van der Waals surface area contributed by atoms with Crippen LogP contribution in [0.1, 0.15) is 0 Å². The summed E-state index contributed by atoms with van der Waals surface area (Å²) in [4.78, 5) is 12.8. The number of nitrogens with zero attached hydrogens (tertiary/aromatic N) is 6. The van der Waals surface area contributed by atoms with Crippen molar-refractivity contribution in [3.8, 4) is 5.69 Å². The molecular weight excluding hydrogens is 264 g/mol. The number of imidazole rings is 1. The van der Waals surface area contributed by atoms with Gasteiger partial charge in [-0.2, -0.15) is 5.10 Å². The molecule has 7 heteroatoms. The molecule has 3 heterocycles. The first-order valence-electron chi connectivity index (χ1n) is 5.60. The third kappa shape index (κ3) is 1.50. The van der Waals surface area contributed by atoms with E-state index in [-0.39, 0.29) is 0 Å². The summed E-state index contributed by atoms with van der Waals surface area (Å²) in [6, 6.07) is 7.51. The van der Waals surface area contributed by atoms with Gasteiger partial charge >= 0.3 is 0 Å². The highest BCUT2D eigenvalue weighted by atomic mass is 35.5. The zero-order valence-electron chi connectivity index (χ0n) is 9.60. The molecule has 0 aliphatic rings. The van der Waals surface area contributed by atoms with Crippen LogP contribution in [0, 0.1) is 0 Å². The third-order valence-electron chi connectivity index (χ3n) is 2.93. The molecule has 0 N–H and O–H groups in total. The van der Waals surface area contributed by atoms with Crippen molar-refractivity contribution in [3.05, 3.63) is 48.3 Å². The fourth-order valence-corrected chi connectivity index (χ4v) is 2.18. The van der Waals surface area contributed by atoms with Gasteiger partial charge < -0.3 is 0 Å². The van der Waals surface area contributed by atoms with Crippen LogP contribution in [0.2, 0.25) is 5.02 Å². The molecule has 0 saturated heterocycles. The predicted molar refractivity (Wildman–Crippen MR) is 70.4 cm³/mol. The Bertz CT molecular complexity index is 876. The van der Waals surface area contributed by atoms with Crippen LogP contribution in [-0.4, -0.2) is 29.1 Å². The predicted octanol–water partition coefficient (Wildman–Crippen LogP) is 2.12. The number of aromatic nitrogens is 6. The van der Waals surface area contributed by atoms with Crippen molar-refractivity contribution in [1.29, 1.82) is 0 Å². The van der Waals surface area contributed by atoms with Crippen LogP contribution in [0.5, 0.6) is 0 Å². The summed E-state index contributed by atoms with van der Waals surface area (Å²) in [6.07, 6.45) is 4.81. The molecule has 3 aromatic heterocycles. The minimum atomic E-state index is 0.635. The monoisotopic (exact) mass is 270 g/mol. The fourth-order valence-electron chi connectivity index (χ4n) is 2.05. The van der Waals surface area contributed by atoms with Gasteiger partial charge in [0.2, 0.25) is 0 Å². The van der Waals surface area contributed by atoms with Gasteiger partial charge in [0.25, 0.3) is 0 Å². The number of halogens is 1. The average molecular weight is 271 g/mol. The van der Waals surface area contributed by atoms with Gasteiger partial charge in [-0.1, -0.05) is 11.6 Å². The topological polar surface area (TPSA) is 60.9 Å². The summed E-state index contributed by atoms with van der Waals surface area (Å²) in [5.41, 5.74) is 3.13. The van der Waals surface area contributed by atoms with Gasteiger partial charge in [-0.05, 0) is 24.3 Å². The Morgan fingerprint density at radius 1 is 0.947 bits per heavy atom. The van der Waals surface area contributed by atoms with E-state index in [1.54, 1.807) is 17.2 Å². The minimum absolute atomic E-state index is 0.635. The highest BCUT2D eigenvalue weighted by molar-refractivity contribution is 6.30. The lowest BCUT2D eigenvalue weighted by atomic mass is 10.3. The van der Waals surface area contributed by atoms with Crippen molar-refractivity contribution in [2.24, 2.45) is 0 Å². The molecule has 0 fully saturated rings. The number of hydrogen-bond acceptors (Lipinski definition) is 4. The molecule has 0 atom stereocenters. The molecule has 4 aromatic rings. The van der Waals surface area contributed by atoms with Crippen LogP contribution in [0.4, 0.5) is 0 Å². The lowest BCUT2D eigenvalue weighted by Crippen LogP contribution is -1.96. The van der Waals surface area contributed by atoms with E-state index in [9.17, 15) is 0 Å². The summed E-state index contributed by atoms with van der Waals surface area (Å²) < 4.78 is 3.54. The second kappa shape index (κ2) is 3.76. The van der Waals surface area contributed by atoms with Crippen LogP contribution >= 0.6 is 11.6 Å². The molecular formula is C12H7ClN6. The molecule has 92 valence electrons. The van der Waals surface area contributed by atoms with Crippen molar-refractivity contribution in [2.45, 2.75) is 0 Å². The zero-order chi connectivity index (χ0) is 12.8. The fraction of sp³-hybridized carbons (Fsp3) is 0. The molecule has 0 aliphatic carbocycles. The Labute approximate surface area is 112 Å². The molecule has 0 aliphatic heterocycles. The molecule has 0 bridgehead atoms. The van der Waals surface area contributed by atoms with Gasteiger partial charge in [-0.3, -0.25) is 4.57 Å². The Morgan fingerprint density at radius 2 is 1.74 bits per heavy atom. The maximum Gasteiger partial charge on any atom is 0.185 e. The summed E-state index contributed by atoms with van der Waals surface area (Å²) >= 11 is 5.91. The minimum Gasteiger partial charge on any atom is -0.294 e. The first-order valence-corrected chi connectivity index (χ1v) is 5.98. The van der Waals surface area contributed by atoms with E-state index in [1.807, 2.05) is 28.8 Å². The molecule has 6 nitrogen and oxygen atoms in total. The number of fused-ring (bicyclic) bond motifs is 3. The van der Waals surface area contributed by atoms with Gasteiger partial charge in [0.05, 0.1) is 0 Å². The summed E-state index contributed by atoms with van der Waals surface area (Å²) in [6.45, 7) is 0. The van der Waals surface area contributed by atoms with Crippen LogP contribution in [0.3, 0.4) is 0 Å². The van der Waals surface area contributed by atoms with Crippen LogP contribution in [0.25, 0.3) is 22.5 Å². The summed E-state index contributed by atoms with van der Waals surface area (Å²) in [5.74, 6) is 0. The standard InChI is InChI=1S/C12H7ClN6/c13-8-1-3-9(4-2-8)18-6-15-11-10(18)12-14-5-17-19(12)7-16-11/h1-7H. The first kappa shape index (κ1) is 10.5. The smallest absolute Gasteiger partial charge is 0.185 e. The lowest BCUT2D eigenvalue weighted by Gasteiger charge is -2.04. The van der Waals surface area contributed by atoms with Crippen molar-refractivity contribution < 1.29 is 0 Å². The summed E-state index contributed by atoms with van der Waals surface area (Å²) in [5, 5.41) is 4.77. The Hall–Kier alpha value is -2.47. The van der Waals surface area contributed by atoms with E-state index < -0.39 is 0 Å². The number of rotatable bonds is 1. The number of hydrogen-bond donors (Lipinski definition) is 0. The zero-order valence-corrected chi connectivity index (χ0v) is 10.4. The molecule has 0 spiro atoms. The lowest BCUT2D eigenvalue weighted by molar-refractivity contribution is 0.929. The second-order valence-corrected chi connectivity index (χ2v) is 4.47. The Balaban J connectivity index is 2.09. The van der Waals surface area contributed by atoms with Gasteiger partial charge in [-0.25, -0.2) is 19.5 Å². The van der Waals surface area contributed by atoms with E-state index >= 15 is 0 Å². The Kier molecular flexibility index (Phi) is 2.07. The molecule has 0 amide bonds. The Morgan fingerprint density at radius 3 is 2.58 bits per heavy atom. The normalized spacial score (nSPS) is 11.4. The third-order valence-corrected chi connectivity index (χ3v) is 3.18. The summed E-state index contributed by atoms with van der Waals surface area (Å²) in [7, 11) is 0. The maximum atomic E-state index is 5.91. The highest BCUT2D eigenvalue weighted by Gasteiger charge is 2.11. The van der Waals surface area contributed by atoms with Crippen molar-refractivity contribution in [2.75, 3.05) is 0 Å². The van der Waals surface area contributed by atoms with E-state index in [4.69, 9.17) is 11.6 Å². The molecule has 4 rings (SSSR count). The molecule has 0 saturated carbocycles. The average Bonchev–Trinajstić information content (AvgIpc) is 3.04. The van der Waals surface area contributed by atoms with Gasteiger partial charge in [0.1, 0.15) is 24.5 Å². The molecule has 0 unspecified atom stereocenters. The van der Waals surface area contributed by atoms with Crippen molar-refractivity contribution >= 4 is 28.4 Å². The quantitative estimate of drug-likeness (QED) is 0.531. The van der Waals surface area contributed by atoms with Gasteiger partial charge in [0.15, 0.2) is 11.3 Å². The van der Waals surface area contributed by atoms with Gasteiger partial charge in [0, 0.05) is 10.7 Å². The van der Waals surface area contributed by atoms with E-state index in [0.29, 0.717) is 10.7 Å². The SMILES string of the molecule is Clc1ccc(-n2cnc3ncn4ncnc4c32)cc1. The van der Waals surface area contributed by atoms with E-state index in [2.05, 4.69) is 20.1 Å². The van der Waals surface area contributed by atoms with Crippen molar-refractivity contribution in [1.82, 2.24) is 29.1 Å². The van der Waals surface area contributed by atoms with Crippen LogP contribution in [0.15, 0.2) is 43.2 Å². The highest BCUT2D eigenvalue weighted by Crippen LogP contribution is 2.20. The van der Waals surface area contributed by atoms with Crippen LogP contribution in [-0.2, 0) is 0 Å². The van der Waals surface area contributed by atoms with Crippen molar-refractivity contribution in [3.63, 3.8) is 0 Å². The number of benzene rings is 1. The van der Waals surface area contributed by atoms with E-state index in [0.717, 1.165) is 16.9 Å². The molecule has 19 heavy (non-hydrogen) atoms. The maximum absolute atomic E-state index is 5.91. The van der Waals surface area contributed by atoms with Gasteiger partial charge in [-0.15, -0.1) is 0 Å². The largest absolute Gasteiger partial charge is 0.294 e. The molecule has 0 radical (unpaired) electrons. The van der Waals surface area contributed by atoms with E-state index in [1.165, 1.54) is 6.33 Å².